The van der Waals surface area contributed by atoms with Crippen LogP contribution in [0.2, 0.25) is 0 Å². The lowest BCUT2D eigenvalue weighted by Gasteiger charge is -2.36. The lowest BCUT2D eigenvalue weighted by Crippen LogP contribution is -2.49. The molecule has 0 atom stereocenters. The van der Waals surface area contributed by atoms with E-state index in [0.29, 0.717) is 13.1 Å². The van der Waals surface area contributed by atoms with Crippen molar-refractivity contribution >= 4 is 6.09 Å². The van der Waals surface area contributed by atoms with Crippen LogP contribution in [-0.2, 0) is 4.74 Å². The molecule has 0 unspecified atom stereocenters. The molecule has 1 saturated heterocycles. The van der Waals surface area contributed by atoms with Crippen LogP contribution in [0, 0.1) is 0 Å². The summed E-state index contributed by atoms with van der Waals surface area (Å²) in [5, 5.41) is 0. The molecule has 1 aliphatic heterocycles. The molecule has 0 aromatic heterocycles. The van der Waals surface area contributed by atoms with E-state index in [2.05, 4.69) is 4.90 Å². The Morgan fingerprint density at radius 3 is 1.71 bits per heavy atom. The van der Waals surface area contributed by atoms with Gasteiger partial charge in [0.15, 0.2) is 0 Å². The Bertz CT molecular complexity index is 301. The maximum atomic E-state index is 11.8. The topological polar surface area (TPSA) is 58.8 Å². The molecular weight excluding hydrogens is 266 g/mol. The molecule has 1 amide bonds. The minimum atomic E-state index is -0.429. The summed E-state index contributed by atoms with van der Waals surface area (Å²) in [5.41, 5.74) is 6.09. The molecule has 1 heterocycles. The predicted octanol–water partition coefficient (Wildman–Crippen LogP) is 3.41. The molecule has 0 aliphatic carbocycles. The molecule has 126 valence electrons. The normalized spacial score (nSPS) is 15.3. The van der Waals surface area contributed by atoms with Crippen LogP contribution in [0.25, 0.3) is 0 Å². The first-order valence-electron chi connectivity index (χ1n) is 7.95. The molecule has 0 aromatic rings. The fourth-order valence-electron chi connectivity index (χ4n) is 1.67. The lowest BCUT2D eigenvalue weighted by atomic mass is 10.2. The Balaban J connectivity index is 0. The van der Waals surface area contributed by atoms with Crippen LogP contribution in [0.4, 0.5) is 4.79 Å². The summed E-state index contributed by atoms with van der Waals surface area (Å²) in [6, 6.07) is 0. The fraction of sp³-hybridized carbons (Fsp3) is 0.812. The Morgan fingerprint density at radius 1 is 1.00 bits per heavy atom. The van der Waals surface area contributed by atoms with Gasteiger partial charge in [-0.25, -0.2) is 4.79 Å². The van der Waals surface area contributed by atoms with Crippen molar-refractivity contribution in [2.24, 2.45) is 5.73 Å². The number of allylic oxidation sites excluding steroid dienone is 1. The van der Waals surface area contributed by atoms with Gasteiger partial charge in [0.25, 0.3) is 0 Å². The van der Waals surface area contributed by atoms with Crippen molar-refractivity contribution in [3.63, 3.8) is 0 Å². The van der Waals surface area contributed by atoms with Crippen molar-refractivity contribution in [2.45, 2.75) is 61.0 Å². The first kappa shape index (κ1) is 21.9. The van der Waals surface area contributed by atoms with Crippen LogP contribution in [-0.4, -0.2) is 47.7 Å². The molecule has 0 radical (unpaired) electrons. The number of nitrogens with zero attached hydrogens (tertiary/aromatic N) is 2. The summed E-state index contributed by atoms with van der Waals surface area (Å²) >= 11 is 0. The van der Waals surface area contributed by atoms with Gasteiger partial charge in [0.2, 0.25) is 0 Å². The van der Waals surface area contributed by atoms with Gasteiger partial charge in [-0.2, -0.15) is 0 Å². The summed E-state index contributed by atoms with van der Waals surface area (Å²) in [5.74, 6) is 0. The van der Waals surface area contributed by atoms with E-state index < -0.39 is 5.60 Å². The van der Waals surface area contributed by atoms with Gasteiger partial charge >= 0.3 is 6.09 Å². The maximum absolute atomic E-state index is 11.8. The second-order valence-corrected chi connectivity index (χ2v) is 5.26. The van der Waals surface area contributed by atoms with Crippen LogP contribution in [0.15, 0.2) is 11.9 Å². The highest BCUT2D eigenvalue weighted by Gasteiger charge is 2.25. The summed E-state index contributed by atoms with van der Waals surface area (Å²) in [6.45, 7) is 18.6. The zero-order valence-corrected chi connectivity index (χ0v) is 15.2. The number of rotatable bonds is 1. The monoisotopic (exact) mass is 301 g/mol. The quantitative estimate of drug-likeness (QED) is 0.806. The van der Waals surface area contributed by atoms with Gasteiger partial charge in [-0.15, -0.1) is 0 Å². The molecule has 0 spiro atoms. The van der Waals surface area contributed by atoms with Gasteiger partial charge in [0.05, 0.1) is 0 Å². The number of carbonyl (C=O) groups is 1. The average Bonchev–Trinajstić information content (AvgIpc) is 2.49. The summed E-state index contributed by atoms with van der Waals surface area (Å²) in [4.78, 5) is 15.7. The molecule has 5 heteroatoms. The van der Waals surface area contributed by atoms with Crippen molar-refractivity contribution in [1.82, 2.24) is 9.80 Å². The van der Waals surface area contributed by atoms with Gasteiger partial charge < -0.3 is 20.3 Å². The minimum Gasteiger partial charge on any atom is -0.444 e. The standard InChI is InChI=1S/C12H23N3O2.2C2H6/c1-10(9-13)14-5-7-15(8-6-14)11(16)17-12(2,3)4;2*1-2/h9H,5-8,13H2,1-4H3;2*1-2H3/b10-9-;;. The number of piperazine rings is 1. The largest absolute Gasteiger partial charge is 0.444 e. The molecule has 5 nitrogen and oxygen atoms in total. The molecule has 2 N–H and O–H groups in total. The Morgan fingerprint density at radius 2 is 1.38 bits per heavy atom. The predicted molar refractivity (Wildman–Crippen MR) is 90.0 cm³/mol. The average molecular weight is 301 g/mol. The Kier molecular flexibility index (Phi) is 11.8. The molecule has 1 aliphatic rings. The van der Waals surface area contributed by atoms with Crippen LogP contribution in [0.1, 0.15) is 55.4 Å². The fourth-order valence-corrected chi connectivity index (χ4v) is 1.67. The smallest absolute Gasteiger partial charge is 0.410 e. The molecule has 21 heavy (non-hydrogen) atoms. The van der Waals surface area contributed by atoms with Crippen LogP contribution in [0.3, 0.4) is 0 Å². The van der Waals surface area contributed by atoms with Crippen LogP contribution in [0.5, 0.6) is 0 Å². The number of hydrogen-bond donors (Lipinski definition) is 1. The van der Waals surface area contributed by atoms with Crippen molar-refractivity contribution in [1.29, 1.82) is 0 Å². The summed E-state index contributed by atoms with van der Waals surface area (Å²) < 4.78 is 5.33. The van der Waals surface area contributed by atoms with Crippen LogP contribution < -0.4 is 5.73 Å². The molecular formula is C16H35N3O2. The third-order valence-corrected chi connectivity index (χ3v) is 2.67. The number of ether oxygens (including phenoxy) is 1. The van der Waals surface area contributed by atoms with E-state index in [1.807, 2.05) is 55.4 Å². The van der Waals surface area contributed by atoms with Crippen molar-refractivity contribution in [3.05, 3.63) is 11.9 Å². The van der Waals surface area contributed by atoms with Crippen LogP contribution >= 0.6 is 0 Å². The number of carbonyl (C=O) groups excluding carboxylic acids is 1. The van der Waals surface area contributed by atoms with E-state index in [-0.39, 0.29) is 6.09 Å². The molecule has 1 rings (SSSR count). The third-order valence-electron chi connectivity index (χ3n) is 2.67. The lowest BCUT2D eigenvalue weighted by molar-refractivity contribution is 0.0169. The minimum absolute atomic E-state index is 0.230. The van der Waals surface area contributed by atoms with E-state index in [1.165, 1.54) is 0 Å². The molecule has 0 bridgehead atoms. The van der Waals surface area contributed by atoms with Crippen molar-refractivity contribution in [3.8, 4) is 0 Å². The highest BCUT2D eigenvalue weighted by Crippen LogP contribution is 2.13. The zero-order chi connectivity index (χ0) is 17.1. The van der Waals surface area contributed by atoms with Crippen molar-refractivity contribution in [2.75, 3.05) is 26.2 Å². The highest BCUT2D eigenvalue weighted by atomic mass is 16.6. The molecule has 1 fully saturated rings. The first-order valence-corrected chi connectivity index (χ1v) is 7.95. The summed E-state index contributed by atoms with van der Waals surface area (Å²) in [7, 11) is 0. The Labute approximate surface area is 131 Å². The SMILES string of the molecule is C/C(=C/N)N1CCN(C(=O)OC(C)(C)C)CC1.CC.CC. The second-order valence-electron chi connectivity index (χ2n) is 5.26. The number of hydrogen-bond acceptors (Lipinski definition) is 4. The highest BCUT2D eigenvalue weighted by molar-refractivity contribution is 5.68. The third kappa shape index (κ3) is 9.21. The number of nitrogens with two attached hydrogens (primary N) is 1. The van der Waals surface area contributed by atoms with Gasteiger partial charge in [0.1, 0.15) is 5.60 Å². The summed E-state index contributed by atoms with van der Waals surface area (Å²) in [6.07, 6.45) is 1.37. The van der Waals surface area contributed by atoms with Gasteiger partial charge in [0, 0.05) is 38.1 Å². The van der Waals surface area contributed by atoms with E-state index in [0.717, 1.165) is 18.8 Å². The second kappa shape index (κ2) is 11.3. The first-order chi connectivity index (χ1) is 9.83. The maximum Gasteiger partial charge on any atom is 0.410 e. The van der Waals surface area contributed by atoms with Crippen molar-refractivity contribution < 1.29 is 9.53 Å². The van der Waals surface area contributed by atoms with Gasteiger partial charge in [-0.3, -0.25) is 0 Å². The van der Waals surface area contributed by atoms with Gasteiger partial charge in [-0.05, 0) is 27.7 Å². The molecule has 0 aromatic carbocycles. The van der Waals surface area contributed by atoms with E-state index >= 15 is 0 Å². The zero-order valence-electron chi connectivity index (χ0n) is 15.2. The number of amides is 1. The molecule has 0 saturated carbocycles. The van der Waals surface area contributed by atoms with E-state index in [1.54, 1.807) is 11.1 Å². The van der Waals surface area contributed by atoms with E-state index in [4.69, 9.17) is 10.5 Å². The Hall–Kier alpha value is -1.39. The van der Waals surface area contributed by atoms with Gasteiger partial charge in [-0.1, -0.05) is 27.7 Å². The van der Waals surface area contributed by atoms with E-state index in [9.17, 15) is 4.79 Å².